The van der Waals surface area contributed by atoms with E-state index in [1.54, 1.807) is 25.4 Å². The van der Waals surface area contributed by atoms with Crippen molar-refractivity contribution in [1.82, 2.24) is 14.8 Å². The maximum Gasteiger partial charge on any atom is 0.241 e. The summed E-state index contributed by atoms with van der Waals surface area (Å²) in [5.41, 5.74) is 1.62. The molecule has 0 saturated carbocycles. The van der Waals surface area contributed by atoms with Crippen LogP contribution in [0.2, 0.25) is 5.15 Å². The smallest absolute Gasteiger partial charge is 0.241 e. The Morgan fingerprint density at radius 3 is 2.50 bits per heavy atom. The van der Waals surface area contributed by atoms with Gasteiger partial charge in [0.2, 0.25) is 11.8 Å². The molecule has 1 saturated heterocycles. The molecule has 30 heavy (non-hydrogen) atoms. The van der Waals surface area contributed by atoms with E-state index in [2.05, 4.69) is 15.2 Å². The molecule has 1 aliphatic rings. The van der Waals surface area contributed by atoms with Gasteiger partial charge in [-0.25, -0.2) is 4.98 Å². The number of aromatic nitrogens is 1. The quantitative estimate of drug-likeness (QED) is 0.683. The Kier molecular flexibility index (Phi) is 7.65. The van der Waals surface area contributed by atoms with Crippen molar-refractivity contribution >= 4 is 29.1 Å². The number of nitrogens with one attached hydrogen (secondary N) is 1. The van der Waals surface area contributed by atoms with Gasteiger partial charge in [-0.1, -0.05) is 23.7 Å². The number of aryl methyl sites for hydroxylation is 1. The van der Waals surface area contributed by atoms with Gasteiger partial charge in [-0.05, 0) is 43.2 Å². The summed E-state index contributed by atoms with van der Waals surface area (Å²) in [5.74, 6) is 0.819. The fraction of sp³-hybridized carbons (Fsp3) is 0.409. The Balaban J connectivity index is 1.44. The Morgan fingerprint density at radius 1 is 1.17 bits per heavy atom. The SMILES string of the molecule is COc1ccc(CCC(=O)N2CCN(C(C)C(=O)Nc3cccnc3Cl)CC2)cc1. The molecule has 1 fully saturated rings. The molecule has 2 amide bonds. The van der Waals surface area contributed by atoms with Crippen molar-refractivity contribution < 1.29 is 14.3 Å². The third kappa shape index (κ3) is 5.70. The number of pyridine rings is 1. The lowest BCUT2D eigenvalue weighted by Crippen LogP contribution is -2.54. The van der Waals surface area contributed by atoms with Crippen molar-refractivity contribution in [3.63, 3.8) is 0 Å². The van der Waals surface area contributed by atoms with Gasteiger partial charge >= 0.3 is 0 Å². The van der Waals surface area contributed by atoms with E-state index in [0.29, 0.717) is 44.7 Å². The van der Waals surface area contributed by atoms with Gasteiger partial charge in [0.05, 0.1) is 18.8 Å². The second-order valence-electron chi connectivity index (χ2n) is 7.27. The van der Waals surface area contributed by atoms with Crippen LogP contribution in [0.15, 0.2) is 42.6 Å². The predicted molar refractivity (Wildman–Crippen MR) is 117 cm³/mol. The summed E-state index contributed by atoms with van der Waals surface area (Å²) < 4.78 is 5.16. The fourth-order valence-corrected chi connectivity index (χ4v) is 3.61. The minimum atomic E-state index is -0.321. The highest BCUT2D eigenvalue weighted by atomic mass is 35.5. The van der Waals surface area contributed by atoms with Gasteiger partial charge in [0.15, 0.2) is 5.15 Å². The molecule has 1 aromatic heterocycles. The molecule has 7 nitrogen and oxygen atoms in total. The van der Waals surface area contributed by atoms with Crippen LogP contribution >= 0.6 is 11.6 Å². The largest absolute Gasteiger partial charge is 0.497 e. The van der Waals surface area contributed by atoms with Crippen molar-refractivity contribution in [2.24, 2.45) is 0 Å². The van der Waals surface area contributed by atoms with E-state index in [1.165, 1.54) is 0 Å². The van der Waals surface area contributed by atoms with E-state index < -0.39 is 0 Å². The molecule has 160 valence electrons. The molecule has 1 aliphatic heterocycles. The van der Waals surface area contributed by atoms with Gasteiger partial charge in [-0.2, -0.15) is 0 Å². The lowest BCUT2D eigenvalue weighted by molar-refractivity contribution is -0.133. The number of hydrogen-bond donors (Lipinski definition) is 1. The topological polar surface area (TPSA) is 74.8 Å². The molecule has 1 unspecified atom stereocenters. The van der Waals surface area contributed by atoms with Crippen LogP contribution in [0.25, 0.3) is 0 Å². The number of halogens is 1. The Bertz CT molecular complexity index is 867. The number of anilines is 1. The summed E-state index contributed by atoms with van der Waals surface area (Å²) in [6, 6.07) is 10.9. The number of piperazine rings is 1. The van der Waals surface area contributed by atoms with Gasteiger partial charge in [-0.15, -0.1) is 0 Å². The molecule has 2 aromatic rings. The van der Waals surface area contributed by atoms with Gasteiger partial charge < -0.3 is 15.0 Å². The molecule has 3 rings (SSSR count). The zero-order chi connectivity index (χ0) is 21.5. The Labute approximate surface area is 182 Å². The number of carbonyl (C=O) groups excluding carboxylic acids is 2. The van der Waals surface area contributed by atoms with Gasteiger partial charge in [-0.3, -0.25) is 14.5 Å². The van der Waals surface area contributed by atoms with Gasteiger partial charge in [0, 0.05) is 38.8 Å². The second-order valence-corrected chi connectivity index (χ2v) is 7.63. The van der Waals surface area contributed by atoms with Crippen molar-refractivity contribution in [2.45, 2.75) is 25.8 Å². The third-order valence-electron chi connectivity index (χ3n) is 5.40. The number of benzene rings is 1. The molecule has 1 N–H and O–H groups in total. The highest BCUT2D eigenvalue weighted by Crippen LogP contribution is 2.19. The highest BCUT2D eigenvalue weighted by molar-refractivity contribution is 6.32. The first-order valence-corrected chi connectivity index (χ1v) is 10.4. The highest BCUT2D eigenvalue weighted by Gasteiger charge is 2.27. The zero-order valence-corrected chi connectivity index (χ0v) is 18.1. The Hall–Kier alpha value is -2.64. The molecule has 2 heterocycles. The molecule has 1 aromatic carbocycles. The predicted octanol–water partition coefficient (Wildman–Crippen LogP) is 2.85. The zero-order valence-electron chi connectivity index (χ0n) is 17.3. The monoisotopic (exact) mass is 430 g/mol. The first kappa shape index (κ1) is 22.1. The third-order valence-corrected chi connectivity index (χ3v) is 5.70. The minimum Gasteiger partial charge on any atom is -0.497 e. The normalized spacial score (nSPS) is 15.5. The lowest BCUT2D eigenvalue weighted by atomic mass is 10.1. The number of rotatable bonds is 7. The van der Waals surface area contributed by atoms with Gasteiger partial charge in [0.1, 0.15) is 5.75 Å². The number of hydrogen-bond acceptors (Lipinski definition) is 5. The summed E-state index contributed by atoms with van der Waals surface area (Å²) in [7, 11) is 1.64. The summed E-state index contributed by atoms with van der Waals surface area (Å²) >= 11 is 6.01. The van der Waals surface area contributed by atoms with Crippen molar-refractivity contribution in [3.05, 3.63) is 53.3 Å². The van der Waals surface area contributed by atoms with Crippen LogP contribution in [0, 0.1) is 0 Å². The van der Waals surface area contributed by atoms with Crippen molar-refractivity contribution in [2.75, 3.05) is 38.6 Å². The number of ether oxygens (including phenoxy) is 1. The van der Waals surface area contributed by atoms with Crippen LogP contribution in [0.1, 0.15) is 18.9 Å². The van der Waals surface area contributed by atoms with E-state index in [1.807, 2.05) is 36.1 Å². The van der Waals surface area contributed by atoms with Crippen LogP contribution in [0.5, 0.6) is 5.75 Å². The summed E-state index contributed by atoms with van der Waals surface area (Å²) in [6.07, 6.45) is 2.75. The van der Waals surface area contributed by atoms with Crippen molar-refractivity contribution in [1.29, 1.82) is 0 Å². The molecular weight excluding hydrogens is 404 g/mol. The lowest BCUT2D eigenvalue weighted by Gasteiger charge is -2.37. The van der Waals surface area contributed by atoms with E-state index in [0.717, 1.165) is 11.3 Å². The van der Waals surface area contributed by atoms with Crippen LogP contribution in [-0.2, 0) is 16.0 Å². The number of methoxy groups -OCH3 is 1. The number of carbonyl (C=O) groups is 2. The molecule has 0 radical (unpaired) electrons. The average Bonchev–Trinajstić information content (AvgIpc) is 2.79. The molecular formula is C22H27ClN4O3. The van der Waals surface area contributed by atoms with E-state index in [9.17, 15) is 9.59 Å². The second kappa shape index (κ2) is 10.4. The maximum atomic E-state index is 12.6. The van der Waals surface area contributed by atoms with E-state index in [4.69, 9.17) is 16.3 Å². The summed E-state index contributed by atoms with van der Waals surface area (Å²) in [6.45, 7) is 4.41. The minimum absolute atomic E-state index is 0.135. The van der Waals surface area contributed by atoms with Crippen LogP contribution in [0.3, 0.4) is 0 Å². The molecule has 8 heteroatoms. The Morgan fingerprint density at radius 2 is 1.87 bits per heavy atom. The number of nitrogens with zero attached hydrogens (tertiary/aromatic N) is 3. The standard InChI is InChI=1S/C22H27ClN4O3/c1-16(22(29)25-19-4-3-11-24-21(19)23)26-12-14-27(15-13-26)20(28)10-7-17-5-8-18(30-2)9-6-17/h3-6,8-9,11,16H,7,10,12-15H2,1-2H3,(H,25,29). The van der Waals surface area contributed by atoms with Gasteiger partial charge in [0.25, 0.3) is 0 Å². The molecule has 1 atom stereocenters. The summed E-state index contributed by atoms with van der Waals surface area (Å²) in [5, 5.41) is 3.09. The van der Waals surface area contributed by atoms with Crippen molar-refractivity contribution in [3.8, 4) is 5.75 Å². The first-order valence-electron chi connectivity index (χ1n) is 10.0. The average molecular weight is 431 g/mol. The molecule has 0 aliphatic carbocycles. The number of amides is 2. The van der Waals surface area contributed by atoms with E-state index >= 15 is 0 Å². The van der Waals surface area contributed by atoms with Crippen LogP contribution < -0.4 is 10.1 Å². The van der Waals surface area contributed by atoms with E-state index in [-0.39, 0.29) is 23.0 Å². The first-order chi connectivity index (χ1) is 14.5. The maximum absolute atomic E-state index is 12.6. The van der Waals surface area contributed by atoms with Crippen LogP contribution in [0.4, 0.5) is 5.69 Å². The summed E-state index contributed by atoms with van der Waals surface area (Å²) in [4.78, 5) is 33.0. The fourth-order valence-electron chi connectivity index (χ4n) is 3.44. The molecule has 0 spiro atoms. The van der Waals surface area contributed by atoms with Crippen LogP contribution in [-0.4, -0.2) is 65.9 Å². The molecule has 0 bridgehead atoms.